The van der Waals surface area contributed by atoms with Crippen LogP contribution in [-0.4, -0.2) is 24.6 Å². The summed E-state index contributed by atoms with van der Waals surface area (Å²) in [5, 5.41) is 6.33. The van der Waals surface area contributed by atoms with Crippen molar-refractivity contribution < 1.29 is 14.3 Å². The Hall–Kier alpha value is -3.15. The van der Waals surface area contributed by atoms with Crippen molar-refractivity contribution in [2.75, 3.05) is 6.61 Å². The second-order valence-electron chi connectivity index (χ2n) is 5.29. The summed E-state index contributed by atoms with van der Waals surface area (Å²) < 4.78 is 5.52. The fourth-order valence-corrected chi connectivity index (χ4v) is 1.98. The quantitative estimate of drug-likeness (QED) is 0.461. The lowest BCUT2D eigenvalue weighted by atomic mass is 10.2. The number of hydrazone groups is 1. The van der Waals surface area contributed by atoms with E-state index < -0.39 is 11.8 Å². The van der Waals surface area contributed by atoms with Crippen LogP contribution in [0.5, 0.6) is 5.75 Å². The third kappa shape index (κ3) is 6.47. The molecule has 0 radical (unpaired) electrons. The minimum absolute atomic E-state index is 0.285. The number of benzene rings is 2. The summed E-state index contributed by atoms with van der Waals surface area (Å²) in [6.07, 6.45) is 2.38. The Kier molecular flexibility index (Phi) is 7.18. The Morgan fingerprint density at radius 2 is 1.88 bits per heavy atom. The predicted octanol–water partition coefficient (Wildman–Crippen LogP) is 2.24. The van der Waals surface area contributed by atoms with Crippen molar-refractivity contribution >= 4 is 18.0 Å². The smallest absolute Gasteiger partial charge is 0.329 e. The van der Waals surface area contributed by atoms with Gasteiger partial charge in [0, 0.05) is 6.54 Å². The van der Waals surface area contributed by atoms with Crippen molar-refractivity contribution in [1.29, 1.82) is 0 Å². The van der Waals surface area contributed by atoms with E-state index >= 15 is 0 Å². The number of amides is 2. The first-order chi connectivity index (χ1) is 12.2. The Balaban J connectivity index is 1.80. The number of carbonyl (C=O) groups excluding carboxylic acids is 2. The number of ether oxygens (including phenoxy) is 1. The Morgan fingerprint density at radius 3 is 2.64 bits per heavy atom. The molecular formula is C19H21N3O3. The van der Waals surface area contributed by atoms with Crippen LogP contribution in [0.3, 0.4) is 0 Å². The Bertz CT molecular complexity index is 730. The summed E-state index contributed by atoms with van der Waals surface area (Å²) in [5.74, 6) is -0.815. The van der Waals surface area contributed by atoms with Gasteiger partial charge in [-0.05, 0) is 29.7 Å². The highest BCUT2D eigenvalue weighted by Crippen LogP contribution is 2.12. The number of hydrogen-bond donors (Lipinski definition) is 2. The van der Waals surface area contributed by atoms with Gasteiger partial charge in [-0.15, -0.1) is 0 Å². The van der Waals surface area contributed by atoms with E-state index in [0.29, 0.717) is 6.61 Å². The van der Waals surface area contributed by atoms with Gasteiger partial charge in [0.05, 0.1) is 12.8 Å². The van der Waals surface area contributed by atoms with Crippen molar-refractivity contribution in [3.63, 3.8) is 0 Å². The zero-order chi connectivity index (χ0) is 17.9. The molecular weight excluding hydrogens is 318 g/mol. The molecule has 2 aromatic carbocycles. The highest BCUT2D eigenvalue weighted by molar-refractivity contribution is 6.35. The van der Waals surface area contributed by atoms with Gasteiger partial charge in [0.1, 0.15) is 5.75 Å². The molecule has 6 nitrogen and oxygen atoms in total. The van der Waals surface area contributed by atoms with Crippen molar-refractivity contribution in [1.82, 2.24) is 10.7 Å². The number of rotatable bonds is 7. The van der Waals surface area contributed by atoms with Gasteiger partial charge in [0.15, 0.2) is 0 Å². The highest BCUT2D eigenvalue weighted by atomic mass is 16.5. The second-order valence-corrected chi connectivity index (χ2v) is 5.29. The average molecular weight is 339 g/mol. The molecule has 2 aromatic rings. The molecule has 0 bridgehead atoms. The molecule has 0 atom stereocenters. The topological polar surface area (TPSA) is 79.8 Å². The molecule has 0 aliphatic carbocycles. The first-order valence-electron chi connectivity index (χ1n) is 8.07. The number of carbonyl (C=O) groups is 2. The van der Waals surface area contributed by atoms with Gasteiger partial charge >= 0.3 is 11.8 Å². The van der Waals surface area contributed by atoms with Crippen LogP contribution in [0.2, 0.25) is 0 Å². The minimum Gasteiger partial charge on any atom is -0.494 e. The van der Waals surface area contributed by atoms with Crippen LogP contribution in [0.4, 0.5) is 0 Å². The van der Waals surface area contributed by atoms with E-state index in [-0.39, 0.29) is 6.54 Å². The van der Waals surface area contributed by atoms with Crippen LogP contribution in [0.1, 0.15) is 24.5 Å². The zero-order valence-corrected chi connectivity index (χ0v) is 14.1. The monoisotopic (exact) mass is 339 g/mol. The summed E-state index contributed by atoms with van der Waals surface area (Å²) in [5.41, 5.74) is 3.88. The molecule has 0 spiro atoms. The average Bonchev–Trinajstić information content (AvgIpc) is 2.65. The first-order valence-corrected chi connectivity index (χ1v) is 8.07. The fourth-order valence-electron chi connectivity index (χ4n) is 1.98. The lowest BCUT2D eigenvalue weighted by Crippen LogP contribution is -2.37. The van der Waals surface area contributed by atoms with Crippen LogP contribution in [0, 0.1) is 0 Å². The van der Waals surface area contributed by atoms with E-state index in [2.05, 4.69) is 15.8 Å². The molecule has 0 fully saturated rings. The van der Waals surface area contributed by atoms with Crippen molar-refractivity contribution in [3.8, 4) is 5.75 Å². The summed E-state index contributed by atoms with van der Waals surface area (Å²) in [4.78, 5) is 23.4. The fraction of sp³-hybridized carbons (Fsp3) is 0.211. The van der Waals surface area contributed by atoms with Crippen molar-refractivity contribution in [3.05, 3.63) is 65.7 Å². The molecule has 0 heterocycles. The lowest BCUT2D eigenvalue weighted by molar-refractivity contribution is -0.139. The SMILES string of the molecule is CCCOc1cccc(/C=N\NC(=O)C(=O)NCc2ccccc2)c1. The number of nitrogens with one attached hydrogen (secondary N) is 2. The van der Waals surface area contributed by atoms with Crippen LogP contribution < -0.4 is 15.5 Å². The number of hydrogen-bond acceptors (Lipinski definition) is 4. The maximum atomic E-state index is 11.7. The normalized spacial score (nSPS) is 10.4. The maximum Gasteiger partial charge on any atom is 0.329 e. The minimum atomic E-state index is -0.814. The van der Waals surface area contributed by atoms with E-state index in [4.69, 9.17) is 4.74 Å². The molecule has 130 valence electrons. The third-order valence-electron chi connectivity index (χ3n) is 3.21. The van der Waals surface area contributed by atoms with E-state index in [0.717, 1.165) is 23.3 Å². The van der Waals surface area contributed by atoms with Gasteiger partial charge in [-0.25, -0.2) is 5.43 Å². The first kappa shape index (κ1) is 18.2. The second kappa shape index (κ2) is 9.87. The molecule has 2 amide bonds. The Labute approximate surface area is 146 Å². The molecule has 0 unspecified atom stereocenters. The van der Waals surface area contributed by atoms with Gasteiger partial charge < -0.3 is 10.1 Å². The summed E-state index contributed by atoms with van der Waals surface area (Å²) in [7, 11) is 0. The van der Waals surface area contributed by atoms with E-state index in [9.17, 15) is 9.59 Å². The van der Waals surface area contributed by atoms with Crippen LogP contribution in [-0.2, 0) is 16.1 Å². The maximum absolute atomic E-state index is 11.7. The van der Waals surface area contributed by atoms with Crippen LogP contribution >= 0.6 is 0 Å². The standard InChI is InChI=1S/C19H21N3O3/c1-2-11-25-17-10-6-9-16(12-17)14-21-22-19(24)18(23)20-13-15-7-4-3-5-8-15/h3-10,12,14H,2,11,13H2,1H3,(H,20,23)(H,22,24)/b21-14-. The van der Waals surface area contributed by atoms with Gasteiger partial charge in [-0.1, -0.05) is 49.4 Å². The van der Waals surface area contributed by atoms with E-state index in [1.165, 1.54) is 6.21 Å². The molecule has 0 saturated heterocycles. The summed E-state index contributed by atoms with van der Waals surface area (Å²) in [6, 6.07) is 16.7. The van der Waals surface area contributed by atoms with Crippen LogP contribution in [0.15, 0.2) is 59.7 Å². The largest absolute Gasteiger partial charge is 0.494 e. The summed E-state index contributed by atoms with van der Waals surface area (Å²) in [6.45, 7) is 2.95. The van der Waals surface area contributed by atoms with Crippen molar-refractivity contribution in [2.45, 2.75) is 19.9 Å². The van der Waals surface area contributed by atoms with Gasteiger partial charge in [-0.3, -0.25) is 9.59 Å². The van der Waals surface area contributed by atoms with Gasteiger partial charge in [0.25, 0.3) is 0 Å². The highest BCUT2D eigenvalue weighted by Gasteiger charge is 2.11. The molecule has 0 aliphatic heterocycles. The lowest BCUT2D eigenvalue weighted by Gasteiger charge is -2.05. The molecule has 0 aromatic heterocycles. The van der Waals surface area contributed by atoms with E-state index in [1.54, 1.807) is 6.07 Å². The molecule has 0 saturated carbocycles. The van der Waals surface area contributed by atoms with Gasteiger partial charge in [-0.2, -0.15) is 5.10 Å². The molecule has 2 rings (SSSR count). The van der Waals surface area contributed by atoms with Crippen LogP contribution in [0.25, 0.3) is 0 Å². The van der Waals surface area contributed by atoms with E-state index in [1.807, 2.05) is 55.5 Å². The zero-order valence-electron chi connectivity index (χ0n) is 14.1. The van der Waals surface area contributed by atoms with Gasteiger partial charge in [0.2, 0.25) is 0 Å². The summed E-state index contributed by atoms with van der Waals surface area (Å²) >= 11 is 0. The molecule has 0 aliphatic rings. The third-order valence-corrected chi connectivity index (χ3v) is 3.21. The van der Waals surface area contributed by atoms with Crippen molar-refractivity contribution in [2.24, 2.45) is 5.10 Å². The molecule has 2 N–H and O–H groups in total. The predicted molar refractivity (Wildman–Crippen MR) is 96.3 cm³/mol. The Morgan fingerprint density at radius 1 is 1.08 bits per heavy atom. The number of nitrogens with zero attached hydrogens (tertiary/aromatic N) is 1. The molecule has 6 heteroatoms. The molecule has 25 heavy (non-hydrogen) atoms.